The van der Waals surface area contributed by atoms with Crippen LogP contribution in [0.3, 0.4) is 0 Å². The minimum Gasteiger partial charge on any atom is -0.379 e. The molecule has 0 fully saturated rings. The van der Waals surface area contributed by atoms with Crippen LogP contribution >= 0.6 is 0 Å². The first-order valence-corrected chi connectivity index (χ1v) is 7.52. The summed E-state index contributed by atoms with van der Waals surface area (Å²) in [5.74, 6) is 0.228. The van der Waals surface area contributed by atoms with Gasteiger partial charge in [-0.25, -0.2) is 4.68 Å². The molecule has 3 aromatic rings. The first-order chi connectivity index (χ1) is 10.1. The van der Waals surface area contributed by atoms with Gasteiger partial charge in [-0.05, 0) is 37.3 Å². The van der Waals surface area contributed by atoms with E-state index in [1.54, 1.807) is 54.3 Å². The molecule has 7 nitrogen and oxygen atoms in total. The molecule has 0 spiro atoms. The number of hydrogen-bond acceptors (Lipinski definition) is 5. The Morgan fingerprint density at radius 2 is 2.00 bits per heavy atom. The standard InChI is InChI=1S/C13H12N4O3S/c1-10-13(9-14-16-10)21(18,19)20-12-5-3-11(4-6-12)17-8-2-7-15-17/h2-9H,1H3,(H,14,16). The molecule has 21 heavy (non-hydrogen) atoms. The molecule has 0 atom stereocenters. The third-order valence-electron chi connectivity index (χ3n) is 2.86. The van der Waals surface area contributed by atoms with Crippen LogP contribution in [0.2, 0.25) is 0 Å². The Bertz CT molecular complexity index is 836. The zero-order valence-corrected chi connectivity index (χ0v) is 11.9. The molecule has 0 amide bonds. The maximum atomic E-state index is 12.1. The van der Waals surface area contributed by atoms with Gasteiger partial charge in [0.2, 0.25) is 0 Å². The summed E-state index contributed by atoms with van der Waals surface area (Å²) in [6.07, 6.45) is 4.68. The lowest BCUT2D eigenvalue weighted by molar-refractivity contribution is 0.485. The minimum atomic E-state index is -3.88. The highest BCUT2D eigenvalue weighted by Gasteiger charge is 2.20. The normalized spacial score (nSPS) is 11.5. The molecule has 3 rings (SSSR count). The summed E-state index contributed by atoms with van der Waals surface area (Å²) in [5, 5.41) is 10.3. The van der Waals surface area contributed by atoms with Crippen molar-refractivity contribution >= 4 is 10.1 Å². The molecule has 0 bridgehead atoms. The molecule has 2 heterocycles. The quantitative estimate of drug-likeness (QED) is 0.740. The Kier molecular flexibility index (Phi) is 3.22. The second-order valence-corrected chi connectivity index (χ2v) is 5.86. The van der Waals surface area contributed by atoms with Crippen molar-refractivity contribution in [3.8, 4) is 11.4 Å². The number of aromatic amines is 1. The van der Waals surface area contributed by atoms with Crippen molar-refractivity contribution in [2.75, 3.05) is 0 Å². The van der Waals surface area contributed by atoms with Gasteiger partial charge in [-0.1, -0.05) is 0 Å². The molecule has 0 aliphatic rings. The zero-order chi connectivity index (χ0) is 14.9. The topological polar surface area (TPSA) is 89.9 Å². The molecule has 0 unspecified atom stereocenters. The first kappa shape index (κ1) is 13.4. The van der Waals surface area contributed by atoms with E-state index < -0.39 is 10.1 Å². The zero-order valence-electron chi connectivity index (χ0n) is 11.1. The van der Waals surface area contributed by atoms with Crippen molar-refractivity contribution in [1.29, 1.82) is 0 Å². The molecular formula is C13H12N4O3S. The van der Waals surface area contributed by atoms with E-state index in [9.17, 15) is 8.42 Å². The average molecular weight is 304 g/mol. The van der Waals surface area contributed by atoms with E-state index in [0.29, 0.717) is 5.69 Å². The van der Waals surface area contributed by atoms with E-state index >= 15 is 0 Å². The summed E-state index contributed by atoms with van der Waals surface area (Å²) in [6.45, 7) is 1.62. The van der Waals surface area contributed by atoms with Crippen LogP contribution in [0, 0.1) is 6.92 Å². The van der Waals surface area contributed by atoms with Gasteiger partial charge < -0.3 is 4.18 Å². The molecule has 0 radical (unpaired) electrons. The van der Waals surface area contributed by atoms with Gasteiger partial charge in [0.15, 0.2) is 0 Å². The summed E-state index contributed by atoms with van der Waals surface area (Å²) < 4.78 is 30.9. The summed E-state index contributed by atoms with van der Waals surface area (Å²) >= 11 is 0. The number of nitrogens with zero attached hydrogens (tertiary/aromatic N) is 3. The summed E-state index contributed by atoms with van der Waals surface area (Å²) in [7, 11) is -3.88. The minimum absolute atomic E-state index is 0.0265. The highest BCUT2D eigenvalue weighted by Crippen LogP contribution is 2.21. The SMILES string of the molecule is Cc1[nH]ncc1S(=O)(=O)Oc1ccc(-n2cccn2)cc1. The molecule has 0 saturated carbocycles. The monoisotopic (exact) mass is 304 g/mol. The fourth-order valence-electron chi connectivity index (χ4n) is 1.84. The number of aromatic nitrogens is 4. The molecule has 2 aromatic heterocycles. The van der Waals surface area contributed by atoms with Crippen LogP contribution in [-0.2, 0) is 10.1 Å². The number of rotatable bonds is 4. The van der Waals surface area contributed by atoms with Crippen LogP contribution in [-0.4, -0.2) is 28.4 Å². The lowest BCUT2D eigenvalue weighted by Gasteiger charge is -2.07. The van der Waals surface area contributed by atoms with E-state index in [1.165, 1.54) is 6.20 Å². The van der Waals surface area contributed by atoms with Gasteiger partial charge in [-0.3, -0.25) is 5.10 Å². The number of H-pyrrole nitrogens is 1. The van der Waals surface area contributed by atoms with E-state index in [-0.39, 0.29) is 10.6 Å². The third-order valence-corrected chi connectivity index (χ3v) is 4.23. The van der Waals surface area contributed by atoms with E-state index in [0.717, 1.165) is 5.69 Å². The van der Waals surface area contributed by atoms with Crippen molar-refractivity contribution in [3.63, 3.8) is 0 Å². The van der Waals surface area contributed by atoms with Crippen LogP contribution in [0.15, 0.2) is 53.8 Å². The second kappa shape index (κ2) is 5.06. The van der Waals surface area contributed by atoms with Crippen LogP contribution in [0.4, 0.5) is 0 Å². The van der Waals surface area contributed by atoms with Crippen molar-refractivity contribution in [3.05, 3.63) is 54.6 Å². The van der Waals surface area contributed by atoms with Crippen molar-refractivity contribution in [1.82, 2.24) is 20.0 Å². The molecule has 0 aliphatic heterocycles. The van der Waals surface area contributed by atoms with Crippen LogP contribution in [0.5, 0.6) is 5.75 Å². The third kappa shape index (κ3) is 2.65. The smallest absolute Gasteiger partial charge is 0.342 e. The van der Waals surface area contributed by atoms with Crippen LogP contribution in [0.1, 0.15) is 5.69 Å². The Balaban J connectivity index is 1.84. The average Bonchev–Trinajstić information content (AvgIpc) is 3.10. The lowest BCUT2D eigenvalue weighted by atomic mass is 10.3. The molecular weight excluding hydrogens is 292 g/mol. The van der Waals surface area contributed by atoms with Gasteiger partial charge in [-0.15, -0.1) is 0 Å². The lowest BCUT2D eigenvalue weighted by Crippen LogP contribution is -2.10. The van der Waals surface area contributed by atoms with E-state index in [2.05, 4.69) is 15.3 Å². The molecule has 1 N–H and O–H groups in total. The number of nitrogens with one attached hydrogen (secondary N) is 1. The molecule has 0 saturated heterocycles. The van der Waals surface area contributed by atoms with Gasteiger partial charge in [0.1, 0.15) is 10.6 Å². The number of benzene rings is 1. The Morgan fingerprint density at radius 1 is 1.24 bits per heavy atom. The van der Waals surface area contributed by atoms with Gasteiger partial charge in [0, 0.05) is 12.4 Å². The van der Waals surface area contributed by atoms with Crippen molar-refractivity contribution < 1.29 is 12.6 Å². The summed E-state index contributed by atoms with van der Waals surface area (Å²) in [5.41, 5.74) is 1.24. The van der Waals surface area contributed by atoms with Gasteiger partial charge in [-0.2, -0.15) is 18.6 Å². The van der Waals surface area contributed by atoms with Gasteiger partial charge in [0.25, 0.3) is 0 Å². The fraction of sp³-hybridized carbons (Fsp3) is 0.0769. The molecule has 0 aliphatic carbocycles. The van der Waals surface area contributed by atoms with Crippen molar-refractivity contribution in [2.24, 2.45) is 0 Å². The van der Waals surface area contributed by atoms with Crippen LogP contribution < -0.4 is 4.18 Å². The van der Waals surface area contributed by atoms with Crippen LogP contribution in [0.25, 0.3) is 5.69 Å². The number of hydrogen-bond donors (Lipinski definition) is 1. The Hall–Kier alpha value is -2.61. The molecule has 108 valence electrons. The van der Waals surface area contributed by atoms with Crippen molar-refractivity contribution in [2.45, 2.75) is 11.8 Å². The second-order valence-electron chi connectivity index (χ2n) is 4.34. The van der Waals surface area contributed by atoms with E-state index in [1.807, 2.05) is 0 Å². The van der Waals surface area contributed by atoms with E-state index in [4.69, 9.17) is 4.18 Å². The molecule has 8 heteroatoms. The summed E-state index contributed by atoms with van der Waals surface area (Å²) in [4.78, 5) is 0.0265. The Labute approximate surface area is 121 Å². The first-order valence-electron chi connectivity index (χ1n) is 6.11. The largest absolute Gasteiger partial charge is 0.379 e. The van der Waals surface area contributed by atoms with Gasteiger partial charge >= 0.3 is 10.1 Å². The predicted molar refractivity (Wildman–Crippen MR) is 74.7 cm³/mol. The predicted octanol–water partition coefficient (Wildman–Crippen LogP) is 1.67. The van der Waals surface area contributed by atoms with Gasteiger partial charge in [0.05, 0.1) is 17.6 Å². The maximum absolute atomic E-state index is 12.1. The molecule has 1 aromatic carbocycles. The fourth-order valence-corrected chi connectivity index (χ4v) is 2.90. The summed E-state index contributed by atoms with van der Waals surface area (Å²) in [6, 6.07) is 8.39. The number of aryl methyl sites for hydroxylation is 1. The Morgan fingerprint density at radius 3 is 2.57 bits per heavy atom. The maximum Gasteiger partial charge on any atom is 0.342 e. The highest BCUT2D eigenvalue weighted by atomic mass is 32.2. The highest BCUT2D eigenvalue weighted by molar-refractivity contribution is 7.87.